The van der Waals surface area contributed by atoms with Crippen molar-refractivity contribution in [2.45, 2.75) is 6.92 Å². The van der Waals surface area contributed by atoms with E-state index in [9.17, 15) is 8.78 Å². The molecule has 0 amide bonds. The van der Waals surface area contributed by atoms with E-state index in [0.717, 1.165) is 5.69 Å². The van der Waals surface area contributed by atoms with E-state index in [1.165, 1.54) is 10.6 Å². The van der Waals surface area contributed by atoms with Crippen LogP contribution < -0.4 is 0 Å². The van der Waals surface area contributed by atoms with Gasteiger partial charge in [0, 0.05) is 23.7 Å². The molecular weight excluding hydrogens is 365 g/mol. The lowest BCUT2D eigenvalue weighted by Crippen LogP contribution is -1.99. The molecule has 0 aromatic carbocycles. The zero-order chi connectivity index (χ0) is 13.6. The maximum atomic E-state index is 13.9. The van der Waals surface area contributed by atoms with Crippen LogP contribution in [0.5, 0.6) is 0 Å². The average Bonchev–Trinajstić information content (AvgIpc) is 2.80. The summed E-state index contributed by atoms with van der Waals surface area (Å²) in [4.78, 5) is 4.13. The topological polar surface area (TPSA) is 43.1 Å². The van der Waals surface area contributed by atoms with Gasteiger partial charge in [0.05, 0.1) is 3.57 Å². The van der Waals surface area contributed by atoms with Crippen LogP contribution in [0.2, 0.25) is 0 Å². The van der Waals surface area contributed by atoms with Crippen molar-refractivity contribution in [3.63, 3.8) is 0 Å². The third kappa shape index (κ3) is 1.88. The van der Waals surface area contributed by atoms with Gasteiger partial charge in [-0.3, -0.25) is 9.38 Å². The highest BCUT2D eigenvalue weighted by molar-refractivity contribution is 14.1. The number of aromatic nitrogens is 4. The minimum absolute atomic E-state index is 0.00375. The molecule has 0 unspecified atom stereocenters. The Morgan fingerprint density at radius 3 is 2.79 bits per heavy atom. The molecule has 0 aliphatic heterocycles. The lowest BCUT2D eigenvalue weighted by atomic mass is 10.2. The van der Waals surface area contributed by atoms with Gasteiger partial charge >= 0.3 is 0 Å². The molecule has 4 nitrogen and oxygen atoms in total. The summed E-state index contributed by atoms with van der Waals surface area (Å²) in [6.07, 6.45) is 2.83. The third-order valence-electron chi connectivity index (χ3n) is 2.78. The first-order valence-electron chi connectivity index (χ1n) is 5.40. The molecule has 19 heavy (non-hydrogen) atoms. The molecule has 96 valence electrons. The van der Waals surface area contributed by atoms with Crippen LogP contribution in [0.15, 0.2) is 24.5 Å². The number of aryl methyl sites for hydroxylation is 1. The first-order valence-corrected chi connectivity index (χ1v) is 6.47. The number of halogens is 3. The Balaban J connectivity index is 2.36. The van der Waals surface area contributed by atoms with Gasteiger partial charge in [0.15, 0.2) is 23.1 Å². The normalized spacial score (nSPS) is 11.2. The predicted octanol–water partition coefficient (Wildman–Crippen LogP) is 2.98. The molecule has 0 fully saturated rings. The number of nitrogens with zero attached hydrogens (tertiary/aromatic N) is 4. The van der Waals surface area contributed by atoms with E-state index in [-0.39, 0.29) is 9.22 Å². The monoisotopic (exact) mass is 372 g/mol. The molecule has 0 radical (unpaired) electrons. The molecule has 0 saturated heterocycles. The largest absolute Gasteiger partial charge is 0.277 e. The molecular formula is C12H7F2IN4. The van der Waals surface area contributed by atoms with E-state index in [2.05, 4.69) is 15.2 Å². The Kier molecular flexibility index (Phi) is 2.92. The summed E-state index contributed by atoms with van der Waals surface area (Å²) in [5.41, 5.74) is 1.41. The molecule has 0 N–H and O–H groups in total. The summed E-state index contributed by atoms with van der Waals surface area (Å²) < 4.78 is 28.8. The van der Waals surface area contributed by atoms with E-state index in [4.69, 9.17) is 0 Å². The Hall–Kier alpha value is -1.64. The van der Waals surface area contributed by atoms with E-state index >= 15 is 0 Å². The SMILES string of the molecule is Cc1ncccc1-c1nnc2c(F)c(I)c(F)cn12. The van der Waals surface area contributed by atoms with Crippen LogP contribution in [-0.2, 0) is 0 Å². The zero-order valence-corrected chi connectivity index (χ0v) is 11.9. The fraction of sp³-hybridized carbons (Fsp3) is 0.0833. The maximum absolute atomic E-state index is 13.9. The molecule has 7 heteroatoms. The second-order valence-electron chi connectivity index (χ2n) is 3.96. The Morgan fingerprint density at radius 2 is 2.05 bits per heavy atom. The third-order valence-corrected chi connectivity index (χ3v) is 3.77. The van der Waals surface area contributed by atoms with E-state index in [1.54, 1.807) is 47.8 Å². The lowest BCUT2D eigenvalue weighted by Gasteiger charge is -2.04. The molecule has 0 spiro atoms. The lowest BCUT2D eigenvalue weighted by molar-refractivity contribution is 0.564. The summed E-state index contributed by atoms with van der Waals surface area (Å²) >= 11 is 1.60. The first-order chi connectivity index (χ1) is 9.09. The van der Waals surface area contributed by atoms with Crippen LogP contribution in [0, 0.1) is 22.1 Å². The summed E-state index contributed by atoms with van der Waals surface area (Å²) in [6, 6.07) is 3.52. The van der Waals surface area contributed by atoms with Gasteiger partial charge in [-0.15, -0.1) is 10.2 Å². The molecule has 3 aromatic heterocycles. The molecule has 0 aliphatic rings. The summed E-state index contributed by atoms with van der Waals surface area (Å²) in [5.74, 6) is -0.983. The van der Waals surface area contributed by atoms with Crippen LogP contribution in [0.3, 0.4) is 0 Å². The van der Waals surface area contributed by atoms with Gasteiger partial charge < -0.3 is 0 Å². The number of pyridine rings is 2. The molecule has 3 aromatic rings. The van der Waals surface area contributed by atoms with E-state index in [0.29, 0.717) is 11.4 Å². The standard InChI is InChI=1S/C12H7F2IN4/c1-6-7(3-2-4-16-6)11-17-18-12-9(14)10(15)8(13)5-19(11)12/h2-5H,1H3. The van der Waals surface area contributed by atoms with Crippen molar-refractivity contribution in [3.8, 4) is 11.4 Å². The molecule has 3 heterocycles. The first kappa shape index (κ1) is 12.4. The van der Waals surface area contributed by atoms with Crippen LogP contribution >= 0.6 is 22.6 Å². The number of hydrogen-bond acceptors (Lipinski definition) is 3. The minimum atomic E-state index is -0.708. The second-order valence-corrected chi connectivity index (χ2v) is 5.04. The van der Waals surface area contributed by atoms with Gasteiger partial charge in [-0.25, -0.2) is 8.78 Å². The number of fused-ring (bicyclic) bond motifs is 1. The van der Waals surface area contributed by atoms with Gasteiger partial charge in [0.1, 0.15) is 0 Å². The van der Waals surface area contributed by atoms with Crippen LogP contribution in [0.4, 0.5) is 8.78 Å². The average molecular weight is 372 g/mol. The van der Waals surface area contributed by atoms with Crippen molar-refractivity contribution >= 4 is 28.2 Å². The van der Waals surface area contributed by atoms with E-state index in [1.807, 2.05) is 0 Å². The Morgan fingerprint density at radius 1 is 1.26 bits per heavy atom. The summed E-state index contributed by atoms with van der Waals surface area (Å²) in [6.45, 7) is 1.80. The van der Waals surface area contributed by atoms with Crippen LogP contribution in [0.1, 0.15) is 5.69 Å². The summed E-state index contributed by atoms with van der Waals surface area (Å²) in [7, 11) is 0. The van der Waals surface area contributed by atoms with Crippen LogP contribution in [-0.4, -0.2) is 19.6 Å². The van der Waals surface area contributed by atoms with Gasteiger partial charge in [-0.2, -0.15) is 0 Å². The highest BCUT2D eigenvalue weighted by Gasteiger charge is 2.18. The van der Waals surface area contributed by atoms with Gasteiger partial charge in [-0.05, 0) is 41.6 Å². The van der Waals surface area contributed by atoms with Crippen molar-refractivity contribution in [2.75, 3.05) is 0 Å². The van der Waals surface area contributed by atoms with Crippen LogP contribution in [0.25, 0.3) is 17.0 Å². The van der Waals surface area contributed by atoms with Crippen molar-refractivity contribution < 1.29 is 8.78 Å². The number of rotatable bonds is 1. The zero-order valence-electron chi connectivity index (χ0n) is 9.73. The molecule has 0 bridgehead atoms. The fourth-order valence-corrected chi connectivity index (χ4v) is 2.22. The fourth-order valence-electron chi connectivity index (χ4n) is 1.84. The highest BCUT2D eigenvalue weighted by atomic mass is 127. The second kappa shape index (κ2) is 4.48. The van der Waals surface area contributed by atoms with Gasteiger partial charge in [-0.1, -0.05) is 0 Å². The number of hydrogen-bond donors (Lipinski definition) is 0. The molecule has 0 saturated carbocycles. The smallest absolute Gasteiger partial charge is 0.198 e. The maximum Gasteiger partial charge on any atom is 0.198 e. The van der Waals surface area contributed by atoms with Gasteiger partial charge in [0.2, 0.25) is 0 Å². The van der Waals surface area contributed by atoms with Gasteiger partial charge in [0.25, 0.3) is 0 Å². The molecule has 3 rings (SSSR count). The summed E-state index contributed by atoms with van der Waals surface area (Å²) in [5, 5.41) is 7.71. The van der Waals surface area contributed by atoms with Crippen molar-refractivity contribution in [3.05, 3.63) is 45.4 Å². The van der Waals surface area contributed by atoms with Crippen molar-refractivity contribution in [2.24, 2.45) is 0 Å². The highest BCUT2D eigenvalue weighted by Crippen LogP contribution is 2.24. The Bertz CT molecular complexity index is 785. The molecule has 0 aliphatic carbocycles. The predicted molar refractivity (Wildman–Crippen MR) is 73.6 cm³/mol. The quantitative estimate of drug-likeness (QED) is 0.617. The van der Waals surface area contributed by atoms with Crippen molar-refractivity contribution in [1.82, 2.24) is 19.6 Å². The Labute approximate surface area is 120 Å². The minimum Gasteiger partial charge on any atom is -0.277 e. The van der Waals surface area contributed by atoms with E-state index < -0.39 is 11.6 Å². The van der Waals surface area contributed by atoms with Crippen molar-refractivity contribution in [1.29, 1.82) is 0 Å². The molecule has 0 atom stereocenters.